The third-order valence-electron chi connectivity index (χ3n) is 2.94. The Kier molecular flexibility index (Phi) is 3.66. The number of carbonyl (C=O) groups excluding carboxylic acids is 1. The molecule has 0 aromatic heterocycles. The lowest BCUT2D eigenvalue weighted by Gasteiger charge is -2.33. The van der Waals surface area contributed by atoms with Gasteiger partial charge in [0, 0.05) is 37.3 Å². The lowest BCUT2D eigenvalue weighted by Crippen LogP contribution is -2.45. The van der Waals surface area contributed by atoms with Crippen LogP contribution in [-0.4, -0.2) is 42.4 Å². The Morgan fingerprint density at radius 1 is 1.28 bits per heavy atom. The average Bonchev–Trinajstić information content (AvgIpc) is 2.39. The maximum Gasteiger partial charge on any atom is 0.294 e. The molecule has 0 bridgehead atoms. The summed E-state index contributed by atoms with van der Waals surface area (Å²) in [7, 11) is 0. The summed E-state index contributed by atoms with van der Waals surface area (Å²) in [6.45, 7) is 2.31. The summed E-state index contributed by atoms with van der Waals surface area (Å²) in [4.78, 5) is 24.7. The van der Waals surface area contributed by atoms with E-state index in [0.29, 0.717) is 36.9 Å². The second kappa shape index (κ2) is 5.22. The third-order valence-corrected chi connectivity index (χ3v) is 3.17. The zero-order valence-corrected chi connectivity index (χ0v) is 10.3. The quantitative estimate of drug-likeness (QED) is 0.474. The molecule has 18 heavy (non-hydrogen) atoms. The van der Waals surface area contributed by atoms with Crippen molar-refractivity contribution in [1.29, 1.82) is 0 Å². The predicted molar refractivity (Wildman–Crippen MR) is 68.0 cm³/mol. The summed E-state index contributed by atoms with van der Waals surface area (Å²) in [6.07, 6.45) is 0.799. The number of piperazine rings is 1. The molecule has 0 radical (unpaired) electrons. The molecule has 0 N–H and O–H groups in total. The molecule has 0 atom stereocenters. The summed E-state index contributed by atoms with van der Waals surface area (Å²) in [5.41, 5.74) is 0.553. The minimum Gasteiger partial charge on any atom is -0.362 e. The van der Waals surface area contributed by atoms with Crippen LogP contribution in [0.1, 0.15) is 0 Å². The fourth-order valence-corrected chi connectivity index (χ4v) is 2.14. The highest BCUT2D eigenvalue weighted by molar-refractivity contribution is 6.30. The van der Waals surface area contributed by atoms with Gasteiger partial charge in [0.15, 0.2) is 0 Å². The minimum absolute atomic E-state index is 0.00190. The molecule has 0 saturated carbocycles. The van der Waals surface area contributed by atoms with Gasteiger partial charge in [-0.2, -0.15) is 0 Å². The second-order valence-electron chi connectivity index (χ2n) is 4.02. The van der Waals surface area contributed by atoms with Crippen LogP contribution in [0, 0.1) is 10.1 Å². The van der Waals surface area contributed by atoms with E-state index >= 15 is 0 Å². The standard InChI is InChI=1S/C11H12ClN3O3/c12-9-1-2-10(11(7-9)15(17)18)14-5-3-13(8-16)4-6-14/h1-2,7-8H,3-6H2. The number of anilines is 1. The monoisotopic (exact) mass is 269 g/mol. The van der Waals surface area contributed by atoms with Gasteiger partial charge in [-0.1, -0.05) is 11.6 Å². The number of benzene rings is 1. The Balaban J connectivity index is 2.23. The van der Waals surface area contributed by atoms with Gasteiger partial charge in [-0.15, -0.1) is 0 Å². The van der Waals surface area contributed by atoms with Crippen molar-refractivity contribution in [2.45, 2.75) is 0 Å². The fraction of sp³-hybridized carbons (Fsp3) is 0.364. The smallest absolute Gasteiger partial charge is 0.294 e. The number of nitro groups is 1. The minimum atomic E-state index is -0.437. The fourth-order valence-electron chi connectivity index (χ4n) is 1.98. The molecular formula is C11H12ClN3O3. The summed E-state index contributed by atoms with van der Waals surface area (Å²) in [5, 5.41) is 11.3. The topological polar surface area (TPSA) is 66.7 Å². The number of amides is 1. The SMILES string of the molecule is O=CN1CCN(c2ccc(Cl)cc2[N+](=O)[O-])CC1. The van der Waals surface area contributed by atoms with Crippen LogP contribution in [-0.2, 0) is 4.79 Å². The molecule has 1 saturated heterocycles. The Labute approximate surface area is 109 Å². The largest absolute Gasteiger partial charge is 0.362 e. The van der Waals surface area contributed by atoms with Crippen molar-refractivity contribution in [2.24, 2.45) is 0 Å². The summed E-state index contributed by atoms with van der Waals surface area (Å²) in [5.74, 6) is 0. The molecule has 2 rings (SSSR count). The van der Waals surface area contributed by atoms with Crippen molar-refractivity contribution < 1.29 is 9.72 Å². The van der Waals surface area contributed by atoms with Crippen molar-refractivity contribution in [3.8, 4) is 0 Å². The van der Waals surface area contributed by atoms with E-state index in [1.807, 2.05) is 4.90 Å². The van der Waals surface area contributed by atoms with E-state index < -0.39 is 4.92 Å². The van der Waals surface area contributed by atoms with Crippen LogP contribution in [0.15, 0.2) is 18.2 Å². The van der Waals surface area contributed by atoms with E-state index in [2.05, 4.69) is 0 Å². The first-order chi connectivity index (χ1) is 8.61. The highest BCUT2D eigenvalue weighted by atomic mass is 35.5. The van der Waals surface area contributed by atoms with E-state index in [-0.39, 0.29) is 5.69 Å². The van der Waals surface area contributed by atoms with Gasteiger partial charge in [-0.25, -0.2) is 0 Å². The molecule has 1 amide bonds. The first-order valence-corrected chi connectivity index (χ1v) is 5.88. The second-order valence-corrected chi connectivity index (χ2v) is 4.46. The van der Waals surface area contributed by atoms with Crippen LogP contribution >= 0.6 is 11.6 Å². The van der Waals surface area contributed by atoms with Crippen LogP contribution < -0.4 is 4.90 Å². The van der Waals surface area contributed by atoms with Gasteiger partial charge >= 0.3 is 0 Å². The summed E-state index contributed by atoms with van der Waals surface area (Å²) >= 11 is 5.77. The van der Waals surface area contributed by atoms with Gasteiger partial charge in [0.1, 0.15) is 5.69 Å². The molecule has 1 aromatic rings. The van der Waals surface area contributed by atoms with Crippen LogP contribution in [0.2, 0.25) is 5.02 Å². The van der Waals surface area contributed by atoms with Crippen LogP contribution in [0.4, 0.5) is 11.4 Å². The molecular weight excluding hydrogens is 258 g/mol. The predicted octanol–water partition coefficient (Wildman–Crippen LogP) is 1.53. The molecule has 1 fully saturated rings. The Morgan fingerprint density at radius 2 is 1.94 bits per heavy atom. The molecule has 1 aromatic carbocycles. The lowest BCUT2D eigenvalue weighted by atomic mass is 10.2. The van der Waals surface area contributed by atoms with Crippen LogP contribution in [0.25, 0.3) is 0 Å². The van der Waals surface area contributed by atoms with Crippen molar-refractivity contribution >= 4 is 29.4 Å². The molecule has 7 heteroatoms. The molecule has 6 nitrogen and oxygen atoms in total. The number of rotatable bonds is 3. The first-order valence-electron chi connectivity index (χ1n) is 5.50. The first kappa shape index (κ1) is 12.6. The zero-order chi connectivity index (χ0) is 13.1. The third kappa shape index (κ3) is 2.53. The van der Waals surface area contributed by atoms with E-state index in [1.54, 1.807) is 17.0 Å². The van der Waals surface area contributed by atoms with Gasteiger partial charge in [0.05, 0.1) is 4.92 Å². The van der Waals surface area contributed by atoms with Crippen molar-refractivity contribution in [3.05, 3.63) is 33.3 Å². The zero-order valence-electron chi connectivity index (χ0n) is 9.58. The maximum absolute atomic E-state index is 11.0. The number of nitro benzene ring substituents is 1. The average molecular weight is 270 g/mol. The van der Waals surface area contributed by atoms with Crippen molar-refractivity contribution in [2.75, 3.05) is 31.1 Å². The normalized spacial score (nSPS) is 15.6. The van der Waals surface area contributed by atoms with Gasteiger partial charge in [0.2, 0.25) is 6.41 Å². The summed E-state index contributed by atoms with van der Waals surface area (Å²) < 4.78 is 0. The van der Waals surface area contributed by atoms with Gasteiger partial charge in [0.25, 0.3) is 5.69 Å². The van der Waals surface area contributed by atoms with Gasteiger partial charge in [-0.3, -0.25) is 14.9 Å². The molecule has 0 unspecified atom stereocenters. The van der Waals surface area contributed by atoms with Gasteiger partial charge in [-0.05, 0) is 12.1 Å². The summed E-state index contributed by atoms with van der Waals surface area (Å²) in [6, 6.07) is 4.63. The van der Waals surface area contributed by atoms with E-state index in [1.165, 1.54) is 6.07 Å². The number of carbonyl (C=O) groups is 1. The highest BCUT2D eigenvalue weighted by Crippen LogP contribution is 2.31. The van der Waals surface area contributed by atoms with E-state index in [0.717, 1.165) is 6.41 Å². The molecule has 96 valence electrons. The number of hydrogen-bond donors (Lipinski definition) is 0. The number of halogens is 1. The number of hydrogen-bond acceptors (Lipinski definition) is 4. The maximum atomic E-state index is 11.0. The van der Waals surface area contributed by atoms with E-state index in [4.69, 9.17) is 11.6 Å². The van der Waals surface area contributed by atoms with Crippen LogP contribution in [0.3, 0.4) is 0 Å². The van der Waals surface area contributed by atoms with E-state index in [9.17, 15) is 14.9 Å². The molecule has 1 aliphatic heterocycles. The number of nitrogens with zero attached hydrogens (tertiary/aromatic N) is 3. The van der Waals surface area contributed by atoms with Crippen molar-refractivity contribution in [1.82, 2.24) is 4.90 Å². The molecule has 1 heterocycles. The molecule has 1 aliphatic rings. The van der Waals surface area contributed by atoms with Crippen molar-refractivity contribution in [3.63, 3.8) is 0 Å². The van der Waals surface area contributed by atoms with Gasteiger partial charge < -0.3 is 9.80 Å². The molecule has 0 aliphatic carbocycles. The Hall–Kier alpha value is -1.82. The Morgan fingerprint density at radius 3 is 2.50 bits per heavy atom. The highest BCUT2D eigenvalue weighted by Gasteiger charge is 2.23. The Bertz CT molecular complexity index is 473. The lowest BCUT2D eigenvalue weighted by molar-refractivity contribution is -0.384. The van der Waals surface area contributed by atoms with Crippen LogP contribution in [0.5, 0.6) is 0 Å². The molecule has 0 spiro atoms.